The van der Waals surface area contributed by atoms with Gasteiger partial charge >= 0.3 is 11.9 Å². The quantitative estimate of drug-likeness (QED) is 0.801. The van der Waals surface area contributed by atoms with Crippen molar-refractivity contribution in [2.24, 2.45) is 0 Å². The van der Waals surface area contributed by atoms with Gasteiger partial charge in [-0.15, -0.1) is 0 Å². The third kappa shape index (κ3) is 3.44. The Morgan fingerprint density at radius 2 is 1.68 bits per heavy atom. The van der Waals surface area contributed by atoms with E-state index in [1.807, 2.05) is 30.3 Å². The summed E-state index contributed by atoms with van der Waals surface area (Å²) in [6, 6.07) is 14.3. The van der Waals surface area contributed by atoms with E-state index in [2.05, 4.69) is 0 Å². The molecule has 0 aliphatic carbocycles. The molecule has 0 fully saturated rings. The number of carbonyl (C=O) groups is 2. The zero-order chi connectivity index (χ0) is 16.1. The highest BCUT2D eigenvalue weighted by Crippen LogP contribution is 2.27. The molecule has 0 aliphatic rings. The Morgan fingerprint density at radius 3 is 2.23 bits per heavy atom. The van der Waals surface area contributed by atoms with Crippen molar-refractivity contribution in [1.82, 2.24) is 0 Å². The van der Waals surface area contributed by atoms with Crippen LogP contribution in [-0.2, 0) is 16.0 Å². The Kier molecular flexibility index (Phi) is 4.78. The van der Waals surface area contributed by atoms with Gasteiger partial charge in [0.25, 0.3) is 0 Å². The number of carboxylic acids is 2. The summed E-state index contributed by atoms with van der Waals surface area (Å²) < 4.78 is 5.28. The molecule has 0 radical (unpaired) electrons. The molecule has 2 aromatic carbocycles. The highest BCUT2D eigenvalue weighted by Gasteiger charge is 2.28. The molecule has 5 nitrogen and oxygen atoms in total. The first-order valence-corrected chi connectivity index (χ1v) is 6.69. The van der Waals surface area contributed by atoms with E-state index in [0.29, 0.717) is 12.2 Å². The van der Waals surface area contributed by atoms with E-state index < -0.39 is 17.9 Å². The van der Waals surface area contributed by atoms with E-state index in [-0.39, 0.29) is 5.56 Å². The van der Waals surface area contributed by atoms with Crippen LogP contribution in [0.15, 0.2) is 48.5 Å². The van der Waals surface area contributed by atoms with Crippen molar-refractivity contribution in [2.75, 3.05) is 7.11 Å². The molecule has 0 saturated heterocycles. The minimum atomic E-state index is -1.58. The molecule has 0 atom stereocenters. The molecule has 22 heavy (non-hydrogen) atoms. The molecule has 0 spiro atoms. The van der Waals surface area contributed by atoms with Gasteiger partial charge < -0.3 is 14.9 Å². The Hall–Kier alpha value is -2.82. The van der Waals surface area contributed by atoms with Crippen LogP contribution in [0.2, 0.25) is 0 Å². The van der Waals surface area contributed by atoms with Crippen molar-refractivity contribution in [2.45, 2.75) is 12.3 Å². The summed E-state index contributed by atoms with van der Waals surface area (Å²) in [7, 11) is 1.52. The van der Waals surface area contributed by atoms with E-state index in [0.717, 1.165) is 11.1 Å². The van der Waals surface area contributed by atoms with E-state index >= 15 is 0 Å². The van der Waals surface area contributed by atoms with Gasteiger partial charge in [0.05, 0.1) is 7.11 Å². The fraction of sp³-hybridized carbons (Fsp3) is 0.176. The summed E-state index contributed by atoms with van der Waals surface area (Å²) in [5.74, 6) is -3.76. The lowest BCUT2D eigenvalue weighted by molar-refractivity contribution is -0.150. The number of benzene rings is 2. The molecule has 0 unspecified atom stereocenters. The van der Waals surface area contributed by atoms with Gasteiger partial charge in [0, 0.05) is 6.42 Å². The molecule has 2 aromatic rings. The average molecular weight is 300 g/mol. The molecule has 0 aliphatic heterocycles. The van der Waals surface area contributed by atoms with Crippen LogP contribution in [-0.4, -0.2) is 29.3 Å². The molecule has 2 N–H and O–H groups in total. The lowest BCUT2D eigenvalue weighted by Crippen LogP contribution is -2.21. The SMILES string of the molecule is COc1ccc(C(C(=O)O)C(=O)O)cc1Cc1ccccc1. The number of carboxylic acid groups (broad SMARTS) is 2. The van der Waals surface area contributed by atoms with Gasteiger partial charge in [0.1, 0.15) is 5.75 Å². The van der Waals surface area contributed by atoms with E-state index in [1.54, 1.807) is 12.1 Å². The van der Waals surface area contributed by atoms with Crippen LogP contribution in [0.4, 0.5) is 0 Å². The van der Waals surface area contributed by atoms with Crippen molar-refractivity contribution in [1.29, 1.82) is 0 Å². The summed E-state index contributed by atoms with van der Waals surface area (Å²) in [5, 5.41) is 18.2. The van der Waals surface area contributed by atoms with Gasteiger partial charge in [-0.1, -0.05) is 42.5 Å². The maximum atomic E-state index is 11.2. The van der Waals surface area contributed by atoms with Crippen LogP contribution in [0.3, 0.4) is 0 Å². The summed E-state index contributed by atoms with van der Waals surface area (Å²) >= 11 is 0. The Bertz CT molecular complexity index is 665. The zero-order valence-corrected chi connectivity index (χ0v) is 12.0. The molecular weight excluding hydrogens is 284 g/mol. The Labute approximate surface area is 127 Å². The minimum Gasteiger partial charge on any atom is -0.496 e. The van der Waals surface area contributed by atoms with Crippen molar-refractivity contribution in [3.05, 3.63) is 65.2 Å². The maximum Gasteiger partial charge on any atom is 0.322 e. The highest BCUT2D eigenvalue weighted by molar-refractivity contribution is 5.99. The van der Waals surface area contributed by atoms with Crippen molar-refractivity contribution in [3.63, 3.8) is 0 Å². The van der Waals surface area contributed by atoms with Crippen LogP contribution in [0.25, 0.3) is 0 Å². The molecule has 0 amide bonds. The third-order valence-corrected chi connectivity index (χ3v) is 3.37. The molecule has 2 rings (SSSR count). The topological polar surface area (TPSA) is 83.8 Å². The molecule has 0 saturated carbocycles. The second-order valence-electron chi connectivity index (χ2n) is 4.84. The fourth-order valence-electron chi connectivity index (χ4n) is 2.32. The van der Waals surface area contributed by atoms with Crippen molar-refractivity contribution >= 4 is 11.9 Å². The lowest BCUT2D eigenvalue weighted by Gasteiger charge is -2.13. The van der Waals surface area contributed by atoms with Crippen LogP contribution in [0.1, 0.15) is 22.6 Å². The summed E-state index contributed by atoms with van der Waals surface area (Å²) in [6.45, 7) is 0. The number of aliphatic carboxylic acids is 2. The smallest absolute Gasteiger partial charge is 0.322 e. The largest absolute Gasteiger partial charge is 0.496 e. The second kappa shape index (κ2) is 6.76. The molecular formula is C17H16O5. The lowest BCUT2D eigenvalue weighted by atomic mass is 9.94. The number of methoxy groups -OCH3 is 1. The zero-order valence-electron chi connectivity index (χ0n) is 12.0. The molecule has 5 heteroatoms. The Morgan fingerprint density at radius 1 is 1.05 bits per heavy atom. The summed E-state index contributed by atoms with van der Waals surface area (Å²) in [4.78, 5) is 22.3. The average Bonchev–Trinajstić information content (AvgIpc) is 2.48. The minimum absolute atomic E-state index is 0.228. The van der Waals surface area contributed by atoms with E-state index in [9.17, 15) is 9.59 Å². The first-order valence-electron chi connectivity index (χ1n) is 6.69. The predicted octanol–water partition coefficient (Wildman–Crippen LogP) is 2.54. The van der Waals surface area contributed by atoms with Crippen LogP contribution >= 0.6 is 0 Å². The summed E-state index contributed by atoms with van der Waals surface area (Å²) in [6.07, 6.45) is 0.532. The van der Waals surface area contributed by atoms with Gasteiger partial charge in [0.15, 0.2) is 5.92 Å². The number of hydrogen-bond acceptors (Lipinski definition) is 3. The number of hydrogen-bond donors (Lipinski definition) is 2. The summed E-state index contributed by atoms with van der Waals surface area (Å²) in [5.41, 5.74) is 2.01. The molecule has 0 aromatic heterocycles. The third-order valence-electron chi connectivity index (χ3n) is 3.37. The predicted molar refractivity (Wildman–Crippen MR) is 80.3 cm³/mol. The van der Waals surface area contributed by atoms with Crippen molar-refractivity contribution in [3.8, 4) is 5.75 Å². The van der Waals surface area contributed by atoms with Gasteiger partial charge in [-0.25, -0.2) is 0 Å². The first-order chi connectivity index (χ1) is 10.5. The number of rotatable bonds is 6. The highest BCUT2D eigenvalue weighted by atomic mass is 16.5. The van der Waals surface area contributed by atoms with E-state index in [4.69, 9.17) is 14.9 Å². The van der Waals surface area contributed by atoms with Gasteiger partial charge in [-0.05, 0) is 22.8 Å². The van der Waals surface area contributed by atoms with Crippen LogP contribution in [0, 0.1) is 0 Å². The molecule has 114 valence electrons. The van der Waals surface area contributed by atoms with E-state index in [1.165, 1.54) is 13.2 Å². The van der Waals surface area contributed by atoms with Gasteiger partial charge in [-0.2, -0.15) is 0 Å². The second-order valence-corrected chi connectivity index (χ2v) is 4.84. The maximum absolute atomic E-state index is 11.2. The Balaban J connectivity index is 2.41. The van der Waals surface area contributed by atoms with Crippen LogP contribution < -0.4 is 4.74 Å². The van der Waals surface area contributed by atoms with Crippen LogP contribution in [0.5, 0.6) is 5.75 Å². The molecule has 0 bridgehead atoms. The number of ether oxygens (including phenoxy) is 1. The van der Waals surface area contributed by atoms with Crippen molar-refractivity contribution < 1.29 is 24.5 Å². The first kappa shape index (κ1) is 15.6. The standard InChI is InChI=1S/C17H16O5/c1-22-14-8-7-12(15(16(18)19)17(20)21)10-13(14)9-11-5-3-2-4-6-11/h2-8,10,15H,9H2,1H3,(H,18,19)(H,20,21). The fourth-order valence-corrected chi connectivity index (χ4v) is 2.32. The monoisotopic (exact) mass is 300 g/mol. The normalized spacial score (nSPS) is 10.5. The van der Waals surface area contributed by atoms with Gasteiger partial charge in [0.2, 0.25) is 0 Å². The molecule has 0 heterocycles. The van der Waals surface area contributed by atoms with Gasteiger partial charge in [-0.3, -0.25) is 9.59 Å².